The molecule has 0 bridgehead atoms. The largest absolute Gasteiger partial charge is 0.344 e. The topological polar surface area (TPSA) is 76.5 Å². The molecule has 0 radical (unpaired) electrons. The molecule has 8 nitrogen and oxygen atoms in total. The summed E-state index contributed by atoms with van der Waals surface area (Å²) in [6.45, 7) is 8.55. The molecule has 2 aromatic carbocycles. The molecule has 0 saturated carbocycles. The molecule has 0 aromatic heterocycles. The van der Waals surface area contributed by atoms with Gasteiger partial charge in [-0.1, -0.05) is 61.3 Å². The molecule has 2 unspecified atom stereocenters. The lowest BCUT2D eigenvalue weighted by molar-refractivity contribution is -0.143. The number of rotatable bonds is 8. The Bertz CT molecular complexity index is 1490. The minimum absolute atomic E-state index is 0.0227. The Morgan fingerprint density at radius 1 is 0.977 bits per heavy atom. The highest BCUT2D eigenvalue weighted by molar-refractivity contribution is 8.18. The van der Waals surface area contributed by atoms with Crippen molar-refractivity contribution in [2.24, 2.45) is 10.9 Å². The van der Waals surface area contributed by atoms with E-state index in [1.807, 2.05) is 55.5 Å². The molecule has 3 amide bonds. The van der Waals surface area contributed by atoms with Crippen LogP contribution in [0, 0.1) is 5.92 Å². The maximum Gasteiger partial charge on any atom is 0.263 e. The Morgan fingerprint density at radius 2 is 1.57 bits per heavy atom. The number of fused-ring (bicyclic) bond motifs is 1. The van der Waals surface area contributed by atoms with Crippen LogP contribution in [0.25, 0.3) is 0 Å². The first kappa shape index (κ1) is 32.4. The van der Waals surface area contributed by atoms with E-state index in [1.54, 1.807) is 28.8 Å². The van der Waals surface area contributed by atoms with Gasteiger partial charge in [-0.2, -0.15) is 0 Å². The minimum Gasteiger partial charge on any atom is -0.344 e. The smallest absolute Gasteiger partial charge is 0.263 e. The van der Waals surface area contributed by atoms with Gasteiger partial charge in [-0.25, -0.2) is 0 Å². The van der Waals surface area contributed by atoms with E-state index in [1.165, 1.54) is 18.7 Å². The summed E-state index contributed by atoms with van der Waals surface area (Å²) in [6, 6.07) is 14.4. The molecule has 5 rings (SSSR count). The molecule has 0 spiro atoms. The third-order valence-corrected chi connectivity index (χ3v) is 10.3. The second-order valence-electron chi connectivity index (χ2n) is 12.1. The first-order valence-corrected chi connectivity index (χ1v) is 16.6. The zero-order chi connectivity index (χ0) is 31.9. The molecule has 234 valence electrons. The molecule has 3 aliphatic heterocycles. The van der Waals surface area contributed by atoms with Crippen molar-refractivity contribution in [2.45, 2.75) is 64.7 Å². The van der Waals surface area contributed by atoms with E-state index in [4.69, 9.17) is 28.2 Å². The van der Waals surface area contributed by atoms with Crippen molar-refractivity contribution < 1.29 is 14.4 Å². The number of amidine groups is 1. The van der Waals surface area contributed by atoms with Gasteiger partial charge in [0.15, 0.2) is 5.17 Å². The van der Waals surface area contributed by atoms with Crippen LogP contribution in [0.3, 0.4) is 0 Å². The summed E-state index contributed by atoms with van der Waals surface area (Å²) in [4.78, 5) is 52.9. The van der Waals surface area contributed by atoms with Crippen molar-refractivity contribution in [3.8, 4) is 0 Å². The molecule has 0 aliphatic carbocycles. The highest BCUT2D eigenvalue weighted by Gasteiger charge is 2.49. The quantitative estimate of drug-likeness (QED) is 0.330. The van der Waals surface area contributed by atoms with Crippen molar-refractivity contribution in [3.05, 3.63) is 80.3 Å². The summed E-state index contributed by atoms with van der Waals surface area (Å²) in [5, 5.41) is 2.09. The van der Waals surface area contributed by atoms with E-state index in [0.29, 0.717) is 34.5 Å². The van der Waals surface area contributed by atoms with E-state index in [9.17, 15) is 14.4 Å². The Morgan fingerprint density at radius 3 is 2.14 bits per heavy atom. The lowest BCUT2D eigenvalue weighted by Crippen LogP contribution is -2.51. The number of benzene rings is 2. The second-order valence-corrected chi connectivity index (χ2v) is 14.0. The van der Waals surface area contributed by atoms with Crippen LogP contribution in [-0.2, 0) is 14.4 Å². The molecule has 0 N–H and O–H groups in total. The third-order valence-electron chi connectivity index (χ3n) is 8.77. The summed E-state index contributed by atoms with van der Waals surface area (Å²) in [7, 11) is 3.48. The van der Waals surface area contributed by atoms with Crippen LogP contribution < -0.4 is 0 Å². The molecule has 1 fully saturated rings. The van der Waals surface area contributed by atoms with Gasteiger partial charge < -0.3 is 19.6 Å². The number of carbonyl (C=O) groups is 3. The van der Waals surface area contributed by atoms with Gasteiger partial charge in [0.25, 0.3) is 5.91 Å². The highest BCUT2D eigenvalue weighted by atomic mass is 35.5. The number of halogens is 2. The first-order chi connectivity index (χ1) is 20.9. The highest BCUT2D eigenvalue weighted by Crippen LogP contribution is 2.53. The number of carbonyl (C=O) groups excluding carboxylic acids is 3. The van der Waals surface area contributed by atoms with Gasteiger partial charge in [0.05, 0.1) is 6.04 Å². The van der Waals surface area contributed by atoms with Gasteiger partial charge in [0, 0.05) is 55.9 Å². The fourth-order valence-corrected chi connectivity index (χ4v) is 7.75. The average molecular weight is 657 g/mol. The van der Waals surface area contributed by atoms with Gasteiger partial charge in [-0.05, 0) is 72.8 Å². The fourth-order valence-electron chi connectivity index (χ4n) is 6.19. The normalized spacial score (nSPS) is 21.9. The van der Waals surface area contributed by atoms with Crippen LogP contribution in [0.15, 0.2) is 64.1 Å². The van der Waals surface area contributed by atoms with Crippen molar-refractivity contribution in [1.82, 2.24) is 19.6 Å². The van der Waals surface area contributed by atoms with Gasteiger partial charge in [-0.3, -0.25) is 19.4 Å². The fraction of sp³-hybridized carbons (Fsp3) is 0.455. The Hall–Kier alpha value is -3.01. The van der Waals surface area contributed by atoms with Crippen LogP contribution in [-0.4, -0.2) is 81.8 Å². The van der Waals surface area contributed by atoms with Crippen molar-refractivity contribution in [1.29, 1.82) is 0 Å². The van der Waals surface area contributed by atoms with E-state index in [0.717, 1.165) is 28.4 Å². The molecule has 2 aromatic rings. The second kappa shape index (κ2) is 13.2. The maximum atomic E-state index is 14.4. The van der Waals surface area contributed by atoms with Crippen molar-refractivity contribution >= 4 is 57.9 Å². The van der Waals surface area contributed by atoms with Crippen molar-refractivity contribution in [2.75, 3.05) is 27.2 Å². The Balaban J connectivity index is 1.46. The Kier molecular flexibility index (Phi) is 9.68. The molecule has 1 saturated heterocycles. The molecule has 4 atom stereocenters. The summed E-state index contributed by atoms with van der Waals surface area (Å²) >= 11 is 13.9. The summed E-state index contributed by atoms with van der Waals surface area (Å²) in [6.07, 6.45) is 1.36. The predicted molar refractivity (Wildman–Crippen MR) is 177 cm³/mol. The number of amides is 3. The number of likely N-dealkylation sites (N-methyl/N-ethyl adjacent to an activating group) is 2. The molecular weight excluding hydrogens is 617 g/mol. The average Bonchev–Trinajstić information content (AvgIpc) is 3.71. The van der Waals surface area contributed by atoms with Crippen LogP contribution in [0.2, 0.25) is 10.0 Å². The minimum atomic E-state index is -0.551. The standard InChI is InChI=1S/C33H39Cl2N5O3S/c1-19(2)28-30(32(43)39-17-7-8-26(39)31(42)38(6)20(3)18-37(5)21(4)41)44-33-36-27(22-9-13-24(34)14-10-22)29(40(28)33)23-11-15-25(35)16-12-23/h9-16,19-20,26-27,29H,7-8,17-18H2,1-6H3/t20?,26?,27-,29+/m0/s1. The zero-order valence-electron chi connectivity index (χ0n) is 26.0. The van der Waals surface area contributed by atoms with E-state index >= 15 is 0 Å². The maximum absolute atomic E-state index is 14.4. The van der Waals surface area contributed by atoms with Gasteiger partial charge in [-0.15, -0.1) is 0 Å². The number of allylic oxidation sites excluding steroid dienone is 1. The lowest BCUT2D eigenvalue weighted by atomic mass is 9.92. The number of hydrogen-bond donors (Lipinski definition) is 0. The molecule has 3 aliphatic rings. The SMILES string of the molecule is CC(=O)N(C)CC(C)N(C)C(=O)C1CCCN1C(=O)C1=C(C(C)C)N2C(=N[C@@H](c3ccc(Cl)cc3)[C@H]2c2ccc(Cl)cc2)S1. The van der Waals surface area contributed by atoms with Gasteiger partial charge in [0.2, 0.25) is 11.8 Å². The van der Waals surface area contributed by atoms with E-state index in [2.05, 4.69) is 18.7 Å². The number of hydrogen-bond acceptors (Lipinski definition) is 6. The monoisotopic (exact) mass is 655 g/mol. The van der Waals surface area contributed by atoms with Crippen LogP contribution in [0.5, 0.6) is 0 Å². The number of nitrogens with zero attached hydrogens (tertiary/aromatic N) is 5. The van der Waals surface area contributed by atoms with Crippen molar-refractivity contribution in [3.63, 3.8) is 0 Å². The van der Waals surface area contributed by atoms with E-state index in [-0.39, 0.29) is 41.8 Å². The number of thioether (sulfide) groups is 1. The first-order valence-electron chi connectivity index (χ1n) is 15.0. The molecular formula is C33H39Cl2N5O3S. The van der Waals surface area contributed by atoms with Gasteiger partial charge in [0.1, 0.15) is 17.0 Å². The molecule has 11 heteroatoms. The van der Waals surface area contributed by atoms with Crippen LogP contribution in [0.4, 0.5) is 0 Å². The van der Waals surface area contributed by atoms with Crippen LogP contribution >= 0.6 is 35.0 Å². The molecule has 3 heterocycles. The number of aliphatic imine (C=N–C) groups is 1. The lowest BCUT2D eigenvalue weighted by Gasteiger charge is -2.34. The summed E-state index contributed by atoms with van der Waals surface area (Å²) in [5.74, 6) is -0.268. The zero-order valence-corrected chi connectivity index (χ0v) is 28.3. The number of likely N-dealkylation sites (tertiary alicyclic amines) is 1. The predicted octanol–water partition coefficient (Wildman–Crippen LogP) is 6.38. The van der Waals surface area contributed by atoms with E-state index < -0.39 is 6.04 Å². The third kappa shape index (κ3) is 6.24. The summed E-state index contributed by atoms with van der Waals surface area (Å²) < 4.78 is 0. The molecule has 44 heavy (non-hydrogen) atoms. The van der Waals surface area contributed by atoms with Gasteiger partial charge >= 0.3 is 0 Å². The summed E-state index contributed by atoms with van der Waals surface area (Å²) in [5.41, 5.74) is 2.99. The Labute approximate surface area is 274 Å². The van der Waals surface area contributed by atoms with Crippen LogP contribution in [0.1, 0.15) is 63.7 Å².